The van der Waals surface area contributed by atoms with E-state index >= 15 is 0 Å². The van der Waals surface area contributed by atoms with Gasteiger partial charge in [-0.1, -0.05) is 340 Å². The molecule has 4 aliphatic carbocycles. The number of rotatable bonds is 5. The van der Waals surface area contributed by atoms with E-state index in [-0.39, 0.29) is 10.7 Å². The molecular formula is C100H61ClN8. The number of halogens is 1. The van der Waals surface area contributed by atoms with E-state index in [0.717, 1.165) is 33.3 Å². The zero-order valence-corrected chi connectivity index (χ0v) is 59.4. The van der Waals surface area contributed by atoms with Crippen LogP contribution in [0.4, 0.5) is 0 Å². The molecule has 0 fully saturated rings. The molecule has 0 aliphatic heterocycles. The summed E-state index contributed by atoms with van der Waals surface area (Å²) in [5.41, 5.74) is 28.7. The molecule has 0 saturated heterocycles. The SMILES string of the molecule is Clc1nc(-c2ccccc2)nc(-c2ccccc2)n1.c1ccc(-c2nc(-c3ccccc3)nc(-n3c4ccccc4c4c5cccc6c5c(cc43)-c3ccccc3C63c4ccccc4-c4ccccc43)n2)cc1.c1ccc2c(c1)-c1ccccc1C21c2ccccc2-c2cc3[nH]c4ccccc4c3c3cccc1c23. The molecule has 0 amide bonds. The molecule has 20 aromatic rings. The molecule has 16 aromatic carbocycles. The summed E-state index contributed by atoms with van der Waals surface area (Å²) in [6.45, 7) is 0. The van der Waals surface area contributed by atoms with Crippen molar-refractivity contribution >= 4 is 76.8 Å². The van der Waals surface area contributed by atoms with Gasteiger partial charge in [-0.25, -0.2) is 9.97 Å². The van der Waals surface area contributed by atoms with Crippen LogP contribution in [0, 0.1) is 0 Å². The van der Waals surface area contributed by atoms with Crippen LogP contribution in [-0.4, -0.2) is 39.5 Å². The highest BCUT2D eigenvalue weighted by atomic mass is 35.5. The molecule has 9 heteroatoms. The Morgan fingerprint density at radius 1 is 0.229 bits per heavy atom. The van der Waals surface area contributed by atoms with Crippen LogP contribution in [0.2, 0.25) is 5.28 Å². The molecule has 1 N–H and O–H groups in total. The molecule has 2 spiro atoms. The average molecular weight is 1410 g/mol. The minimum absolute atomic E-state index is 0.202. The van der Waals surface area contributed by atoms with Gasteiger partial charge in [0.15, 0.2) is 23.3 Å². The molecule has 0 radical (unpaired) electrons. The number of aromatic nitrogens is 8. The lowest BCUT2D eigenvalue weighted by molar-refractivity contribution is 0.773. The van der Waals surface area contributed by atoms with Crippen molar-refractivity contribution in [3.05, 3.63) is 414 Å². The standard InChI is InChI=1S/C50H30N4.C35H21N.C15H10ClN3/c1-3-16-31(17-4-1)47-51-48(32-18-5-2-6-19-32)53-49(52-47)54-43-29-14-10-23-36(43)46-37-24-15-28-42-45(37)38(30-44(46)54)35-22-9-13-27-41(35)50(42)39-25-11-7-20-33(39)34-21-8-12-26-40(34)50;1-5-15-27-21(10-1)22-11-2-6-16-28(22)35(27)29-17-7-3-12-23(29)26-20-32-34(24-13-4-8-19-31(24)36-32)25-14-9-18-30(35)33(25)26;16-15-18-13(11-7-3-1-4-8-11)17-14(19-15)12-9-5-2-6-10-12/h1-30H;1-20,36H;1-10H. The topological polar surface area (TPSA) is 98.1 Å². The summed E-state index contributed by atoms with van der Waals surface area (Å²) in [6, 6.07) is 130. The lowest BCUT2D eigenvalue weighted by atomic mass is 9.61. The Labute approximate surface area is 632 Å². The van der Waals surface area contributed by atoms with Crippen LogP contribution in [0.5, 0.6) is 0 Å². The number of hydrogen-bond acceptors (Lipinski definition) is 6. The zero-order chi connectivity index (χ0) is 71.9. The van der Waals surface area contributed by atoms with Crippen LogP contribution in [0.1, 0.15) is 44.5 Å². The van der Waals surface area contributed by atoms with Gasteiger partial charge in [0.25, 0.3) is 0 Å². The molecule has 4 aliphatic rings. The van der Waals surface area contributed by atoms with Crippen molar-refractivity contribution in [3.63, 3.8) is 0 Å². The number of hydrogen-bond donors (Lipinski definition) is 1. The summed E-state index contributed by atoms with van der Waals surface area (Å²) in [5, 5.41) is 10.4. The van der Waals surface area contributed by atoms with Crippen LogP contribution >= 0.6 is 11.6 Å². The first kappa shape index (κ1) is 62.3. The van der Waals surface area contributed by atoms with Crippen molar-refractivity contribution in [2.75, 3.05) is 0 Å². The third kappa shape index (κ3) is 9.19. The highest BCUT2D eigenvalue weighted by Crippen LogP contribution is 2.65. The maximum Gasteiger partial charge on any atom is 0.238 e. The zero-order valence-electron chi connectivity index (χ0n) is 58.6. The van der Waals surface area contributed by atoms with Gasteiger partial charge in [-0.2, -0.15) is 19.9 Å². The van der Waals surface area contributed by atoms with Gasteiger partial charge in [0, 0.05) is 54.8 Å². The van der Waals surface area contributed by atoms with Gasteiger partial charge >= 0.3 is 0 Å². The third-order valence-electron chi connectivity index (χ3n) is 22.9. The highest BCUT2D eigenvalue weighted by Gasteiger charge is 2.52. The molecule has 4 heterocycles. The van der Waals surface area contributed by atoms with Crippen molar-refractivity contribution in [1.82, 2.24) is 39.5 Å². The summed E-state index contributed by atoms with van der Waals surface area (Å²) in [5.74, 6) is 3.04. The van der Waals surface area contributed by atoms with E-state index < -0.39 is 5.41 Å². The van der Waals surface area contributed by atoms with Crippen LogP contribution in [0.3, 0.4) is 0 Å². The average Bonchev–Trinajstić information content (AvgIpc) is 1.56. The summed E-state index contributed by atoms with van der Waals surface area (Å²) < 4.78 is 2.25. The van der Waals surface area contributed by atoms with Crippen molar-refractivity contribution < 1.29 is 0 Å². The number of fused-ring (bicyclic) bond motifs is 26. The Kier molecular flexibility index (Phi) is 14.0. The number of nitrogens with one attached hydrogen (secondary N) is 1. The molecule has 8 nitrogen and oxygen atoms in total. The molecule has 109 heavy (non-hydrogen) atoms. The molecule has 0 atom stereocenters. The Morgan fingerprint density at radius 2 is 0.550 bits per heavy atom. The number of nitrogens with zero attached hydrogens (tertiary/aromatic N) is 7. The van der Waals surface area contributed by atoms with Crippen molar-refractivity contribution in [2.24, 2.45) is 0 Å². The molecule has 0 unspecified atom stereocenters. The quantitative estimate of drug-likeness (QED) is 0.184. The fourth-order valence-electron chi connectivity index (χ4n) is 18.7. The third-order valence-corrected chi connectivity index (χ3v) is 23.1. The second-order valence-corrected chi connectivity index (χ2v) is 28.8. The summed E-state index contributed by atoms with van der Waals surface area (Å²) >= 11 is 5.99. The molecule has 4 aromatic heterocycles. The highest BCUT2D eigenvalue weighted by molar-refractivity contribution is 6.29. The molecule has 0 saturated carbocycles. The Bertz CT molecular complexity index is 6920. The van der Waals surface area contributed by atoms with E-state index in [1.165, 1.54) is 143 Å². The van der Waals surface area contributed by atoms with Gasteiger partial charge in [0.1, 0.15) is 0 Å². The predicted molar refractivity (Wildman–Crippen MR) is 444 cm³/mol. The van der Waals surface area contributed by atoms with Crippen LogP contribution in [-0.2, 0) is 10.8 Å². The first-order chi connectivity index (χ1) is 54.0. The number of benzene rings is 16. The maximum absolute atomic E-state index is 5.99. The van der Waals surface area contributed by atoms with Crippen molar-refractivity contribution in [1.29, 1.82) is 0 Å². The summed E-state index contributed by atoms with van der Waals surface area (Å²) in [4.78, 5) is 32.0. The van der Waals surface area contributed by atoms with E-state index in [4.69, 9.17) is 26.6 Å². The monoisotopic (exact) mass is 1410 g/mol. The molecule has 0 bridgehead atoms. The molecule has 508 valence electrons. The first-order valence-corrected chi connectivity index (χ1v) is 37.3. The van der Waals surface area contributed by atoms with Gasteiger partial charge in [-0.3, -0.25) is 4.57 Å². The Hall–Kier alpha value is -14.1. The predicted octanol–water partition coefficient (Wildman–Crippen LogP) is 24.5. The van der Waals surface area contributed by atoms with E-state index in [9.17, 15) is 0 Å². The number of H-pyrrole nitrogens is 1. The lowest BCUT2D eigenvalue weighted by Crippen LogP contribution is -2.31. The lowest BCUT2D eigenvalue weighted by Gasteiger charge is -2.40. The van der Waals surface area contributed by atoms with Crippen molar-refractivity contribution in [2.45, 2.75) is 10.8 Å². The minimum atomic E-state index is -0.453. The first-order valence-electron chi connectivity index (χ1n) is 36.9. The smallest absolute Gasteiger partial charge is 0.238 e. The Balaban J connectivity index is 0.000000114. The summed E-state index contributed by atoms with van der Waals surface area (Å²) in [7, 11) is 0. The van der Waals surface area contributed by atoms with E-state index in [1.807, 2.05) is 97.1 Å². The second kappa shape index (κ2) is 24.5. The summed E-state index contributed by atoms with van der Waals surface area (Å²) in [6.07, 6.45) is 0. The number of para-hydroxylation sites is 2. The van der Waals surface area contributed by atoms with Gasteiger partial charge in [0.2, 0.25) is 11.2 Å². The van der Waals surface area contributed by atoms with Crippen LogP contribution in [0.15, 0.2) is 364 Å². The van der Waals surface area contributed by atoms with Gasteiger partial charge in [-0.15, -0.1) is 0 Å². The maximum atomic E-state index is 5.99. The van der Waals surface area contributed by atoms with Crippen LogP contribution < -0.4 is 0 Å². The fraction of sp³-hybridized carbons (Fsp3) is 0.0200. The van der Waals surface area contributed by atoms with E-state index in [0.29, 0.717) is 29.2 Å². The largest absolute Gasteiger partial charge is 0.354 e. The molecular weight excluding hydrogens is 1350 g/mol. The second-order valence-electron chi connectivity index (χ2n) is 28.4. The van der Waals surface area contributed by atoms with Crippen LogP contribution in [0.25, 0.3) is 161 Å². The van der Waals surface area contributed by atoms with Gasteiger partial charge < -0.3 is 4.98 Å². The van der Waals surface area contributed by atoms with Gasteiger partial charge in [0.05, 0.1) is 21.9 Å². The Morgan fingerprint density at radius 3 is 0.982 bits per heavy atom. The number of aromatic amines is 1. The normalized spacial score (nSPS) is 13.1. The molecule has 24 rings (SSSR count). The minimum Gasteiger partial charge on any atom is -0.354 e. The van der Waals surface area contributed by atoms with Gasteiger partial charge in [-0.05, 0) is 146 Å². The van der Waals surface area contributed by atoms with Crippen molar-refractivity contribution in [3.8, 4) is 96.0 Å². The van der Waals surface area contributed by atoms with E-state index in [1.54, 1.807) is 0 Å². The fourth-order valence-corrected chi connectivity index (χ4v) is 18.9. The van der Waals surface area contributed by atoms with E-state index in [2.05, 4.69) is 291 Å².